The summed E-state index contributed by atoms with van der Waals surface area (Å²) >= 11 is 1.73. The van der Waals surface area contributed by atoms with Crippen molar-refractivity contribution in [2.75, 3.05) is 4.90 Å². The fraction of sp³-hybridized carbons (Fsp3) is 0.107. The topological polar surface area (TPSA) is 20.3 Å². The molecule has 0 saturated heterocycles. The van der Waals surface area contributed by atoms with Gasteiger partial charge in [-0.25, -0.2) is 0 Å². The molecule has 0 atom stereocenters. The van der Waals surface area contributed by atoms with Crippen molar-refractivity contribution < 1.29 is 4.79 Å². The molecule has 4 aromatic rings. The third-order valence-electron chi connectivity index (χ3n) is 5.90. The average molecular weight is 422 g/mol. The first kappa shape index (κ1) is 19.5. The highest BCUT2D eigenvalue weighted by molar-refractivity contribution is 7.17. The molecule has 1 aliphatic rings. The van der Waals surface area contributed by atoms with Crippen LogP contribution >= 0.6 is 11.3 Å². The number of thiophene rings is 1. The minimum Gasteiger partial charge on any atom is -0.301 e. The molecule has 5 rings (SSSR count). The number of benzene rings is 3. The van der Waals surface area contributed by atoms with E-state index in [0.29, 0.717) is 5.56 Å². The maximum absolute atomic E-state index is 12.6. The van der Waals surface area contributed by atoms with Crippen LogP contribution in [-0.2, 0) is 5.41 Å². The number of anilines is 3. The Balaban J connectivity index is 1.60. The first-order valence-electron chi connectivity index (χ1n) is 10.4. The van der Waals surface area contributed by atoms with Crippen LogP contribution in [0.15, 0.2) is 97.1 Å². The normalized spacial score (nSPS) is 14.3. The van der Waals surface area contributed by atoms with E-state index >= 15 is 0 Å². The Morgan fingerprint density at radius 1 is 0.839 bits per heavy atom. The van der Waals surface area contributed by atoms with Gasteiger partial charge in [0.2, 0.25) is 0 Å². The third kappa shape index (κ3) is 3.41. The minimum absolute atomic E-state index is 0.0226. The standard InChI is InChI=1S/C28H23NOS/c1-28(2)23-15-9-10-16-25(23)29(21-13-7-4-8-14-21)27-24(28)19-22(31-27)17-18-26(30)20-11-5-3-6-12-20/h3-19H,1-2H3/b18-17+. The molecule has 0 unspecified atom stereocenters. The summed E-state index contributed by atoms with van der Waals surface area (Å²) in [4.78, 5) is 16.0. The molecule has 152 valence electrons. The van der Waals surface area contributed by atoms with E-state index in [1.54, 1.807) is 17.4 Å². The van der Waals surface area contributed by atoms with Gasteiger partial charge in [0.15, 0.2) is 5.78 Å². The fourth-order valence-corrected chi connectivity index (χ4v) is 5.49. The quantitative estimate of drug-likeness (QED) is 0.248. The molecule has 3 aromatic carbocycles. The summed E-state index contributed by atoms with van der Waals surface area (Å²) in [7, 11) is 0. The van der Waals surface area contributed by atoms with Crippen molar-refractivity contribution in [2.24, 2.45) is 0 Å². The summed E-state index contributed by atoms with van der Waals surface area (Å²) in [5.74, 6) is 0.0226. The van der Waals surface area contributed by atoms with Crippen LogP contribution in [0.5, 0.6) is 0 Å². The van der Waals surface area contributed by atoms with Gasteiger partial charge in [0, 0.05) is 21.5 Å². The first-order chi connectivity index (χ1) is 15.1. The lowest BCUT2D eigenvalue weighted by Gasteiger charge is -2.39. The molecule has 0 aliphatic carbocycles. The van der Waals surface area contributed by atoms with Crippen molar-refractivity contribution in [3.05, 3.63) is 119 Å². The van der Waals surface area contributed by atoms with E-state index in [4.69, 9.17) is 0 Å². The average Bonchev–Trinajstić information content (AvgIpc) is 3.24. The predicted octanol–water partition coefficient (Wildman–Crippen LogP) is 7.75. The Bertz CT molecular complexity index is 1270. The van der Waals surface area contributed by atoms with Crippen LogP contribution in [0.1, 0.15) is 40.2 Å². The van der Waals surface area contributed by atoms with Crippen LogP contribution in [0.2, 0.25) is 0 Å². The molecular formula is C28H23NOS. The van der Waals surface area contributed by atoms with Crippen LogP contribution in [0.3, 0.4) is 0 Å². The second-order valence-corrected chi connectivity index (χ2v) is 9.31. The molecule has 2 heterocycles. The van der Waals surface area contributed by atoms with Gasteiger partial charge in [-0.05, 0) is 47.5 Å². The van der Waals surface area contributed by atoms with E-state index in [-0.39, 0.29) is 11.2 Å². The maximum Gasteiger partial charge on any atom is 0.185 e. The summed E-state index contributed by atoms with van der Waals surface area (Å²) in [6.07, 6.45) is 3.63. The van der Waals surface area contributed by atoms with E-state index in [1.807, 2.05) is 42.5 Å². The molecule has 0 N–H and O–H groups in total. The zero-order valence-corrected chi connectivity index (χ0v) is 18.4. The number of fused-ring (bicyclic) bond motifs is 2. The number of nitrogens with zero attached hydrogens (tertiary/aromatic N) is 1. The predicted molar refractivity (Wildman–Crippen MR) is 131 cm³/mol. The van der Waals surface area contributed by atoms with Gasteiger partial charge in [0.1, 0.15) is 5.00 Å². The monoisotopic (exact) mass is 421 g/mol. The minimum atomic E-state index is -0.122. The van der Waals surface area contributed by atoms with Gasteiger partial charge in [-0.3, -0.25) is 4.79 Å². The van der Waals surface area contributed by atoms with E-state index in [9.17, 15) is 4.79 Å². The summed E-state index contributed by atoms with van der Waals surface area (Å²) in [6, 6.07) is 30.8. The Morgan fingerprint density at radius 2 is 1.48 bits per heavy atom. The van der Waals surface area contributed by atoms with Gasteiger partial charge in [-0.1, -0.05) is 80.6 Å². The van der Waals surface area contributed by atoms with E-state index in [2.05, 4.69) is 73.3 Å². The van der Waals surface area contributed by atoms with E-state index < -0.39 is 0 Å². The van der Waals surface area contributed by atoms with Gasteiger partial charge in [0.05, 0.1) is 5.69 Å². The van der Waals surface area contributed by atoms with Crippen molar-refractivity contribution in [3.63, 3.8) is 0 Å². The lowest BCUT2D eigenvalue weighted by Crippen LogP contribution is -2.29. The second-order valence-electron chi connectivity index (χ2n) is 8.24. The second kappa shape index (κ2) is 7.68. The summed E-state index contributed by atoms with van der Waals surface area (Å²) in [6.45, 7) is 4.56. The first-order valence-corrected chi connectivity index (χ1v) is 11.2. The Labute approximate surface area is 187 Å². The fourth-order valence-electron chi connectivity index (χ4n) is 4.24. The van der Waals surface area contributed by atoms with Gasteiger partial charge in [-0.2, -0.15) is 0 Å². The highest BCUT2D eigenvalue weighted by Gasteiger charge is 2.38. The summed E-state index contributed by atoms with van der Waals surface area (Å²) < 4.78 is 0. The SMILES string of the molecule is CC1(C)c2ccccc2N(c2ccccc2)c2sc(/C=C/C(=O)c3ccccc3)cc21. The molecule has 0 bridgehead atoms. The number of rotatable bonds is 4. The lowest BCUT2D eigenvalue weighted by molar-refractivity contribution is 0.104. The Kier molecular flexibility index (Phi) is 4.84. The number of allylic oxidation sites excluding steroid dienone is 1. The maximum atomic E-state index is 12.6. The van der Waals surface area contributed by atoms with Crippen molar-refractivity contribution in [1.29, 1.82) is 0 Å². The largest absolute Gasteiger partial charge is 0.301 e. The number of para-hydroxylation sites is 2. The highest BCUT2D eigenvalue weighted by Crippen LogP contribution is 2.54. The molecule has 3 heteroatoms. The zero-order chi connectivity index (χ0) is 21.4. The van der Waals surface area contributed by atoms with E-state index in [1.165, 1.54) is 21.8 Å². The van der Waals surface area contributed by atoms with Gasteiger partial charge in [0.25, 0.3) is 0 Å². The molecule has 0 amide bonds. The molecule has 2 nitrogen and oxygen atoms in total. The number of ketones is 1. The van der Waals surface area contributed by atoms with Gasteiger partial charge >= 0.3 is 0 Å². The molecule has 0 fully saturated rings. The van der Waals surface area contributed by atoms with E-state index in [0.717, 1.165) is 10.6 Å². The molecule has 1 aliphatic heterocycles. The molecule has 0 spiro atoms. The van der Waals surface area contributed by atoms with Crippen molar-refractivity contribution in [2.45, 2.75) is 19.3 Å². The zero-order valence-electron chi connectivity index (χ0n) is 17.6. The lowest BCUT2D eigenvalue weighted by atomic mass is 9.75. The summed E-state index contributed by atoms with van der Waals surface area (Å²) in [5, 5.41) is 1.21. The van der Waals surface area contributed by atoms with Crippen LogP contribution in [0.25, 0.3) is 6.08 Å². The molecule has 0 radical (unpaired) electrons. The van der Waals surface area contributed by atoms with Crippen LogP contribution < -0.4 is 4.90 Å². The number of carbonyl (C=O) groups is 1. The Morgan fingerprint density at radius 3 is 2.23 bits per heavy atom. The molecule has 31 heavy (non-hydrogen) atoms. The molecule has 1 aromatic heterocycles. The van der Waals surface area contributed by atoms with Crippen molar-refractivity contribution >= 4 is 39.6 Å². The molecule has 0 saturated carbocycles. The smallest absolute Gasteiger partial charge is 0.185 e. The van der Waals surface area contributed by atoms with Crippen LogP contribution in [0.4, 0.5) is 16.4 Å². The van der Waals surface area contributed by atoms with Crippen molar-refractivity contribution in [1.82, 2.24) is 0 Å². The Hall–Kier alpha value is -3.43. The third-order valence-corrected chi connectivity index (χ3v) is 6.98. The van der Waals surface area contributed by atoms with Crippen LogP contribution in [-0.4, -0.2) is 5.78 Å². The van der Waals surface area contributed by atoms with Crippen LogP contribution in [0, 0.1) is 0 Å². The number of hydrogen-bond donors (Lipinski definition) is 0. The summed E-state index contributed by atoms with van der Waals surface area (Å²) in [5.41, 5.74) is 5.53. The number of carbonyl (C=O) groups excluding carboxylic acids is 1. The highest BCUT2D eigenvalue weighted by atomic mass is 32.1. The van der Waals surface area contributed by atoms with Crippen molar-refractivity contribution in [3.8, 4) is 0 Å². The van der Waals surface area contributed by atoms with Gasteiger partial charge in [-0.15, -0.1) is 11.3 Å². The molecular weight excluding hydrogens is 398 g/mol. The number of hydrogen-bond acceptors (Lipinski definition) is 3. The van der Waals surface area contributed by atoms with Gasteiger partial charge < -0.3 is 4.90 Å².